The summed E-state index contributed by atoms with van der Waals surface area (Å²) in [4.78, 5) is 0. The summed E-state index contributed by atoms with van der Waals surface area (Å²) in [6.07, 6.45) is 0. The van der Waals surface area contributed by atoms with Gasteiger partial charge in [0, 0.05) is 11.1 Å². The maximum atomic E-state index is 8.77. The highest BCUT2D eigenvalue weighted by Crippen LogP contribution is 2.26. The van der Waals surface area contributed by atoms with E-state index in [1.54, 1.807) is 0 Å². The van der Waals surface area contributed by atoms with Gasteiger partial charge in [0.25, 0.3) is 0 Å². The van der Waals surface area contributed by atoms with Crippen molar-refractivity contribution < 1.29 is 10.2 Å². The van der Waals surface area contributed by atoms with Gasteiger partial charge in [0.2, 0.25) is 0 Å². The number of phenolic OH excluding ortho intramolecular Hbond substituents is 2. The van der Waals surface area contributed by atoms with Gasteiger partial charge in [-0.15, -0.1) is 0 Å². The Kier molecular flexibility index (Phi) is 3.09. The van der Waals surface area contributed by atoms with Crippen molar-refractivity contribution in [1.82, 2.24) is 0 Å². The van der Waals surface area contributed by atoms with E-state index in [-0.39, 0.29) is 19.9 Å². The molecule has 0 aliphatic rings. The molecule has 0 atom stereocenters. The molecule has 0 saturated heterocycles. The molecule has 2 N–H and O–H groups in total. The van der Waals surface area contributed by atoms with E-state index in [1.165, 1.54) is 18.2 Å². The molecule has 0 saturated carbocycles. The van der Waals surface area contributed by atoms with Gasteiger partial charge < -0.3 is 10.2 Å². The maximum absolute atomic E-state index is 8.77. The fourth-order valence-corrected chi connectivity index (χ4v) is 0.663. The van der Waals surface area contributed by atoms with E-state index < -0.39 is 0 Å². The van der Waals surface area contributed by atoms with Gasteiger partial charge in [0.15, 0.2) is 11.5 Å². The van der Waals surface area contributed by atoms with Crippen molar-refractivity contribution in [3.63, 3.8) is 0 Å². The zero-order valence-electron chi connectivity index (χ0n) is 4.50. The van der Waals surface area contributed by atoms with Crippen LogP contribution in [0.25, 0.3) is 0 Å². The molecule has 0 bridgehead atoms. The average Bonchev–Trinajstić information content (AvgIpc) is 1.80. The van der Waals surface area contributed by atoms with Crippen molar-refractivity contribution in [3.8, 4) is 11.5 Å². The quantitative estimate of drug-likeness (QED) is 0.428. The second kappa shape index (κ2) is 3.37. The predicted molar refractivity (Wildman–Crippen MR) is 44.7 cm³/mol. The van der Waals surface area contributed by atoms with E-state index in [0.717, 1.165) is 0 Å². The first-order chi connectivity index (χ1) is 4.20. The monoisotopic (exact) mass is 158 g/mol. The van der Waals surface area contributed by atoms with Crippen LogP contribution in [-0.4, -0.2) is 18.6 Å². The number of hydrogen-bond donors (Lipinski definition) is 2. The largest absolute Gasteiger partial charge is 0.504 e. The van der Waals surface area contributed by atoms with Gasteiger partial charge >= 0.3 is 0 Å². The van der Waals surface area contributed by atoms with Gasteiger partial charge in [0.05, 0.1) is 8.41 Å². The second-order valence-electron chi connectivity index (χ2n) is 1.63. The molecule has 1 aromatic carbocycles. The average molecular weight is 158 g/mol. The predicted octanol–water partition coefficient (Wildman–Crippen LogP) is 0.567. The van der Waals surface area contributed by atoms with Crippen LogP contribution in [0.1, 0.15) is 0 Å². The molecule has 0 aliphatic carbocycles. The summed E-state index contributed by atoms with van der Waals surface area (Å²) in [7, 11) is 0. The van der Waals surface area contributed by atoms with Crippen LogP contribution >= 0.6 is 11.6 Å². The van der Waals surface area contributed by atoms with Gasteiger partial charge in [-0.3, -0.25) is 0 Å². The SMILES string of the molecule is B.Oc1ccc(Cl)cc1O. The van der Waals surface area contributed by atoms with Crippen LogP contribution in [0, 0.1) is 0 Å². The molecule has 0 fully saturated rings. The molecule has 0 radical (unpaired) electrons. The van der Waals surface area contributed by atoms with E-state index in [0.29, 0.717) is 5.02 Å². The van der Waals surface area contributed by atoms with Crippen LogP contribution in [0.5, 0.6) is 11.5 Å². The normalized spacial score (nSPS) is 8.50. The highest BCUT2D eigenvalue weighted by atomic mass is 35.5. The van der Waals surface area contributed by atoms with Crippen LogP contribution in [0.4, 0.5) is 0 Å². The van der Waals surface area contributed by atoms with Gasteiger partial charge in [0.1, 0.15) is 0 Å². The van der Waals surface area contributed by atoms with Gasteiger partial charge in [-0.1, -0.05) is 11.6 Å². The van der Waals surface area contributed by atoms with Crippen molar-refractivity contribution in [2.75, 3.05) is 0 Å². The van der Waals surface area contributed by atoms with Crippen molar-refractivity contribution in [2.45, 2.75) is 0 Å². The molecule has 1 aromatic rings. The van der Waals surface area contributed by atoms with Crippen LogP contribution in [0.2, 0.25) is 5.02 Å². The van der Waals surface area contributed by atoms with Gasteiger partial charge in [-0.05, 0) is 12.1 Å². The lowest BCUT2D eigenvalue weighted by Crippen LogP contribution is -1.66. The van der Waals surface area contributed by atoms with Gasteiger partial charge in [-0.2, -0.15) is 0 Å². The summed E-state index contributed by atoms with van der Waals surface area (Å²) in [5.74, 6) is -0.345. The van der Waals surface area contributed by atoms with E-state index in [9.17, 15) is 0 Å². The highest BCUT2D eigenvalue weighted by Gasteiger charge is 1.96. The molecule has 0 amide bonds. The molecule has 10 heavy (non-hydrogen) atoms. The van der Waals surface area contributed by atoms with E-state index in [1.807, 2.05) is 0 Å². The summed E-state index contributed by atoms with van der Waals surface area (Å²) < 4.78 is 0. The molecular formula is C6H8BClO2. The topological polar surface area (TPSA) is 40.5 Å². The third-order valence-corrected chi connectivity index (χ3v) is 1.17. The number of aromatic hydroxyl groups is 2. The molecule has 54 valence electrons. The molecule has 0 spiro atoms. The first-order valence-electron chi connectivity index (χ1n) is 2.37. The Balaban J connectivity index is 0.000000810. The fraction of sp³-hybridized carbons (Fsp3) is 0. The lowest BCUT2D eigenvalue weighted by atomic mass is 10.3. The minimum atomic E-state index is -0.192. The summed E-state index contributed by atoms with van der Waals surface area (Å²) in [6.45, 7) is 0. The van der Waals surface area contributed by atoms with Crippen LogP contribution in [0.3, 0.4) is 0 Å². The maximum Gasteiger partial charge on any atom is 0.158 e. The summed E-state index contributed by atoms with van der Waals surface area (Å²) in [6, 6.07) is 4.10. The Bertz CT molecular complexity index is 227. The van der Waals surface area contributed by atoms with Crippen molar-refractivity contribution in [1.29, 1.82) is 0 Å². The smallest absolute Gasteiger partial charge is 0.158 e. The van der Waals surface area contributed by atoms with Crippen molar-refractivity contribution in [2.24, 2.45) is 0 Å². The van der Waals surface area contributed by atoms with Crippen LogP contribution < -0.4 is 0 Å². The molecule has 2 nitrogen and oxygen atoms in total. The molecule has 4 heteroatoms. The van der Waals surface area contributed by atoms with Crippen LogP contribution in [-0.2, 0) is 0 Å². The molecule has 0 unspecified atom stereocenters. The lowest BCUT2D eigenvalue weighted by molar-refractivity contribution is 0.404. The zero-order chi connectivity index (χ0) is 6.85. The summed E-state index contributed by atoms with van der Waals surface area (Å²) in [5, 5.41) is 17.9. The molecule has 0 aromatic heterocycles. The Hall–Kier alpha value is -0.825. The summed E-state index contributed by atoms with van der Waals surface area (Å²) in [5.41, 5.74) is 0. The molecule has 1 rings (SSSR count). The van der Waals surface area contributed by atoms with Crippen molar-refractivity contribution >= 4 is 20.0 Å². The van der Waals surface area contributed by atoms with E-state index in [2.05, 4.69) is 0 Å². The van der Waals surface area contributed by atoms with Crippen LogP contribution in [0.15, 0.2) is 18.2 Å². The lowest BCUT2D eigenvalue weighted by Gasteiger charge is -1.94. The third-order valence-electron chi connectivity index (χ3n) is 0.937. The summed E-state index contributed by atoms with van der Waals surface area (Å²) >= 11 is 5.45. The number of rotatable bonds is 0. The standard InChI is InChI=1S/C6H5ClO2.BH3/c7-4-1-2-5(8)6(9)3-4;/h1-3,8-9H;1H3. The molecular weight excluding hydrogens is 150 g/mol. The zero-order valence-corrected chi connectivity index (χ0v) is 5.26. The Morgan fingerprint density at radius 1 is 1.10 bits per heavy atom. The minimum absolute atomic E-state index is 0. The Labute approximate surface area is 65.6 Å². The Morgan fingerprint density at radius 2 is 1.70 bits per heavy atom. The highest BCUT2D eigenvalue weighted by molar-refractivity contribution is 6.30. The number of phenols is 2. The fourth-order valence-electron chi connectivity index (χ4n) is 0.497. The minimum Gasteiger partial charge on any atom is -0.504 e. The second-order valence-corrected chi connectivity index (χ2v) is 2.07. The first kappa shape index (κ1) is 9.17. The molecule has 0 aliphatic heterocycles. The number of benzene rings is 1. The first-order valence-corrected chi connectivity index (χ1v) is 2.75. The number of halogens is 1. The third kappa shape index (κ3) is 1.85. The molecule has 0 heterocycles. The Morgan fingerprint density at radius 3 is 2.10 bits per heavy atom. The number of hydrogen-bond acceptors (Lipinski definition) is 2. The van der Waals surface area contributed by atoms with E-state index >= 15 is 0 Å². The van der Waals surface area contributed by atoms with E-state index in [4.69, 9.17) is 21.8 Å². The van der Waals surface area contributed by atoms with Gasteiger partial charge in [-0.25, -0.2) is 0 Å². The van der Waals surface area contributed by atoms with Crippen molar-refractivity contribution in [3.05, 3.63) is 23.2 Å².